The van der Waals surface area contributed by atoms with Crippen molar-refractivity contribution in [1.82, 2.24) is 0 Å². The Bertz CT molecular complexity index is 580. The molecule has 2 aliphatic carbocycles. The largest absolute Gasteiger partial charge is 0.204 e. The number of unbranched alkanes of at least 4 members (excludes halogenated alkanes) is 1. The fraction of sp³-hybridized carbons (Fsp3) is 0.636. The van der Waals surface area contributed by atoms with Crippen molar-refractivity contribution < 1.29 is 8.78 Å². The number of benzene rings is 1. The molecule has 2 aliphatic rings. The Morgan fingerprint density at radius 2 is 1.83 bits per heavy atom. The monoisotopic (exact) mass is 332 g/mol. The molecule has 1 saturated carbocycles. The Balaban J connectivity index is 1.82. The maximum Gasteiger partial charge on any atom is 0.162 e. The van der Waals surface area contributed by atoms with Crippen LogP contribution in [0.4, 0.5) is 8.78 Å². The van der Waals surface area contributed by atoms with E-state index < -0.39 is 11.6 Å². The molecule has 0 atom stereocenters. The standard InChI is InChI=1S/C22H30F2/c1-2-3-7-16-10-12-18(13-11-16)21-19(14-15-20(23)22(21)24)17-8-5-4-6-9-17/h8,14-16,18H,2-7,9-13H2,1H3. The van der Waals surface area contributed by atoms with E-state index in [0.717, 1.165) is 43.6 Å². The highest BCUT2D eigenvalue weighted by molar-refractivity contribution is 5.69. The normalized spacial score (nSPS) is 24.7. The summed E-state index contributed by atoms with van der Waals surface area (Å²) < 4.78 is 28.6. The highest BCUT2D eigenvalue weighted by Crippen LogP contribution is 2.43. The zero-order valence-corrected chi connectivity index (χ0v) is 14.9. The van der Waals surface area contributed by atoms with Gasteiger partial charge in [0.15, 0.2) is 11.6 Å². The van der Waals surface area contributed by atoms with Crippen LogP contribution in [0.15, 0.2) is 18.2 Å². The average Bonchev–Trinajstić information content (AvgIpc) is 2.63. The molecule has 24 heavy (non-hydrogen) atoms. The summed E-state index contributed by atoms with van der Waals surface area (Å²) in [6, 6.07) is 3.14. The van der Waals surface area contributed by atoms with Gasteiger partial charge in [0.2, 0.25) is 0 Å². The van der Waals surface area contributed by atoms with Crippen LogP contribution < -0.4 is 0 Å². The van der Waals surface area contributed by atoms with Crippen LogP contribution in [0.5, 0.6) is 0 Å². The van der Waals surface area contributed by atoms with Gasteiger partial charge in [0.05, 0.1) is 0 Å². The molecule has 0 aliphatic heterocycles. The molecule has 2 heteroatoms. The maximum absolute atomic E-state index is 14.7. The third-order valence-corrected chi connectivity index (χ3v) is 5.99. The first-order valence-electron chi connectivity index (χ1n) is 9.88. The molecular weight excluding hydrogens is 302 g/mol. The van der Waals surface area contributed by atoms with Crippen molar-refractivity contribution in [3.05, 3.63) is 41.0 Å². The van der Waals surface area contributed by atoms with Crippen LogP contribution in [0, 0.1) is 17.6 Å². The molecule has 1 fully saturated rings. The Kier molecular flexibility index (Phi) is 6.08. The summed E-state index contributed by atoms with van der Waals surface area (Å²) in [6.07, 6.45) is 14.9. The van der Waals surface area contributed by atoms with Crippen molar-refractivity contribution in [2.24, 2.45) is 5.92 Å². The number of allylic oxidation sites excluding steroid dienone is 2. The summed E-state index contributed by atoms with van der Waals surface area (Å²) in [5.41, 5.74) is 2.91. The summed E-state index contributed by atoms with van der Waals surface area (Å²) in [6.45, 7) is 2.23. The van der Waals surface area contributed by atoms with Crippen molar-refractivity contribution in [3.63, 3.8) is 0 Å². The molecule has 0 amide bonds. The van der Waals surface area contributed by atoms with E-state index >= 15 is 0 Å². The van der Waals surface area contributed by atoms with Gasteiger partial charge in [0, 0.05) is 5.56 Å². The average molecular weight is 332 g/mol. The van der Waals surface area contributed by atoms with Crippen molar-refractivity contribution in [2.75, 3.05) is 0 Å². The zero-order chi connectivity index (χ0) is 16.9. The second-order valence-electron chi connectivity index (χ2n) is 7.66. The topological polar surface area (TPSA) is 0 Å². The number of halogens is 2. The molecule has 0 N–H and O–H groups in total. The molecule has 0 heterocycles. The number of hydrogen-bond acceptors (Lipinski definition) is 0. The Hall–Kier alpha value is -1.18. The first kappa shape index (κ1) is 17.6. The lowest BCUT2D eigenvalue weighted by molar-refractivity contribution is 0.299. The van der Waals surface area contributed by atoms with Gasteiger partial charge in [-0.05, 0) is 80.4 Å². The molecule has 1 aromatic rings. The third kappa shape index (κ3) is 3.90. The minimum atomic E-state index is -0.682. The minimum Gasteiger partial charge on any atom is -0.204 e. The van der Waals surface area contributed by atoms with Gasteiger partial charge in [-0.2, -0.15) is 0 Å². The maximum atomic E-state index is 14.7. The summed E-state index contributed by atoms with van der Waals surface area (Å²) in [7, 11) is 0. The second-order valence-corrected chi connectivity index (χ2v) is 7.66. The van der Waals surface area contributed by atoms with Crippen molar-refractivity contribution in [1.29, 1.82) is 0 Å². The van der Waals surface area contributed by atoms with Crippen LogP contribution in [0.25, 0.3) is 5.57 Å². The molecule has 1 aromatic carbocycles. The summed E-state index contributed by atoms with van der Waals surface area (Å²) in [4.78, 5) is 0. The van der Waals surface area contributed by atoms with E-state index in [1.807, 2.05) is 6.07 Å². The van der Waals surface area contributed by atoms with Gasteiger partial charge in [0.1, 0.15) is 0 Å². The van der Waals surface area contributed by atoms with Gasteiger partial charge >= 0.3 is 0 Å². The predicted octanol–water partition coefficient (Wildman–Crippen LogP) is 7.39. The van der Waals surface area contributed by atoms with Gasteiger partial charge in [-0.25, -0.2) is 8.78 Å². The van der Waals surface area contributed by atoms with Crippen molar-refractivity contribution >= 4 is 5.57 Å². The van der Waals surface area contributed by atoms with Crippen LogP contribution in [-0.4, -0.2) is 0 Å². The first-order valence-corrected chi connectivity index (χ1v) is 9.88. The van der Waals surface area contributed by atoms with Gasteiger partial charge in [-0.15, -0.1) is 0 Å². The van der Waals surface area contributed by atoms with Gasteiger partial charge in [0.25, 0.3) is 0 Å². The predicted molar refractivity (Wildman–Crippen MR) is 97.0 cm³/mol. The molecule has 132 valence electrons. The highest BCUT2D eigenvalue weighted by atomic mass is 19.2. The quantitative estimate of drug-likeness (QED) is 0.527. The lowest BCUT2D eigenvalue weighted by Crippen LogP contribution is -2.16. The fourth-order valence-corrected chi connectivity index (χ4v) is 4.56. The lowest BCUT2D eigenvalue weighted by atomic mass is 9.74. The van der Waals surface area contributed by atoms with E-state index in [4.69, 9.17) is 0 Å². The van der Waals surface area contributed by atoms with Crippen molar-refractivity contribution in [2.45, 2.75) is 83.5 Å². The van der Waals surface area contributed by atoms with Crippen LogP contribution in [0.2, 0.25) is 0 Å². The van der Waals surface area contributed by atoms with Crippen LogP contribution >= 0.6 is 0 Å². The van der Waals surface area contributed by atoms with Crippen LogP contribution in [0.1, 0.15) is 94.6 Å². The summed E-state index contributed by atoms with van der Waals surface area (Å²) >= 11 is 0. The molecule has 0 bridgehead atoms. The fourth-order valence-electron chi connectivity index (χ4n) is 4.56. The van der Waals surface area contributed by atoms with Gasteiger partial charge in [-0.1, -0.05) is 38.3 Å². The van der Waals surface area contributed by atoms with E-state index in [1.165, 1.54) is 50.2 Å². The molecule has 0 unspecified atom stereocenters. The zero-order valence-electron chi connectivity index (χ0n) is 14.9. The molecule has 0 spiro atoms. The Morgan fingerprint density at radius 3 is 2.50 bits per heavy atom. The van der Waals surface area contributed by atoms with E-state index in [-0.39, 0.29) is 5.92 Å². The molecule has 0 nitrogen and oxygen atoms in total. The van der Waals surface area contributed by atoms with Gasteiger partial charge < -0.3 is 0 Å². The molecule has 3 rings (SSSR count). The highest BCUT2D eigenvalue weighted by Gasteiger charge is 2.28. The number of hydrogen-bond donors (Lipinski definition) is 0. The van der Waals surface area contributed by atoms with E-state index in [9.17, 15) is 8.78 Å². The summed E-state index contributed by atoms with van der Waals surface area (Å²) in [5, 5.41) is 0. The molecular formula is C22H30F2. The van der Waals surface area contributed by atoms with E-state index in [2.05, 4.69) is 13.0 Å². The van der Waals surface area contributed by atoms with Crippen LogP contribution in [0.3, 0.4) is 0 Å². The van der Waals surface area contributed by atoms with Crippen LogP contribution in [-0.2, 0) is 0 Å². The van der Waals surface area contributed by atoms with E-state index in [1.54, 1.807) is 0 Å². The molecule has 0 radical (unpaired) electrons. The third-order valence-electron chi connectivity index (χ3n) is 5.99. The van der Waals surface area contributed by atoms with E-state index in [0.29, 0.717) is 5.56 Å². The summed E-state index contributed by atoms with van der Waals surface area (Å²) in [5.74, 6) is -0.291. The van der Waals surface area contributed by atoms with Crippen molar-refractivity contribution in [3.8, 4) is 0 Å². The second kappa shape index (κ2) is 8.27. The molecule has 0 aromatic heterocycles. The lowest BCUT2D eigenvalue weighted by Gasteiger charge is -2.31. The Morgan fingerprint density at radius 1 is 1.04 bits per heavy atom. The molecule has 0 saturated heterocycles. The number of rotatable bonds is 5. The van der Waals surface area contributed by atoms with Gasteiger partial charge in [-0.3, -0.25) is 0 Å². The smallest absolute Gasteiger partial charge is 0.162 e. The SMILES string of the molecule is CCCCC1CCC(c2c(C3=CCCCC3)ccc(F)c2F)CC1. The first-order chi connectivity index (χ1) is 11.7. The Labute approximate surface area is 145 Å². The minimum absolute atomic E-state index is 0.191.